The standard InChI is InChI=1S/C20H17F2N7O.2H2/c1-26-16-7-13(21)17(18(22)12(16)8-23)20(30)29-10-2-3-14(24)11(6-10)19(25)15-4-5-27-9-28-15;;/h2-9,23,25-26H,24H2,1H3,(H,29,30);2*1H. The van der Waals surface area contributed by atoms with Gasteiger partial charge in [0.1, 0.15) is 23.5 Å². The number of anilines is 3. The Morgan fingerprint density at radius 3 is 2.67 bits per heavy atom. The molecule has 1 amide bonds. The van der Waals surface area contributed by atoms with Gasteiger partial charge in [-0.25, -0.2) is 18.7 Å². The Morgan fingerprint density at radius 2 is 2.03 bits per heavy atom. The van der Waals surface area contributed by atoms with Crippen molar-refractivity contribution in [1.29, 1.82) is 10.8 Å². The van der Waals surface area contributed by atoms with Crippen molar-refractivity contribution in [3.05, 3.63) is 76.9 Å². The molecule has 1 heterocycles. The number of nitrogens with zero attached hydrogens (tertiary/aromatic N) is 2. The summed E-state index contributed by atoms with van der Waals surface area (Å²) >= 11 is 0. The van der Waals surface area contributed by atoms with Crippen LogP contribution in [0.3, 0.4) is 0 Å². The molecule has 0 radical (unpaired) electrons. The van der Waals surface area contributed by atoms with Gasteiger partial charge in [-0.15, -0.1) is 0 Å². The molecule has 0 aliphatic carbocycles. The van der Waals surface area contributed by atoms with Crippen LogP contribution >= 0.6 is 0 Å². The van der Waals surface area contributed by atoms with Crippen LogP contribution in [0.4, 0.5) is 25.8 Å². The van der Waals surface area contributed by atoms with Gasteiger partial charge in [0.05, 0.1) is 17.0 Å². The number of halogens is 2. The fourth-order valence-electron chi connectivity index (χ4n) is 2.81. The van der Waals surface area contributed by atoms with Gasteiger partial charge in [0.2, 0.25) is 0 Å². The van der Waals surface area contributed by atoms with E-state index in [2.05, 4.69) is 20.6 Å². The number of carbonyl (C=O) groups excluding carboxylic acids is 1. The third kappa shape index (κ3) is 3.83. The van der Waals surface area contributed by atoms with Crippen LogP contribution in [0.25, 0.3) is 0 Å². The van der Waals surface area contributed by atoms with Crippen molar-refractivity contribution < 1.29 is 16.4 Å². The van der Waals surface area contributed by atoms with Crippen LogP contribution in [-0.2, 0) is 0 Å². The molecule has 0 aliphatic heterocycles. The molecule has 0 spiro atoms. The van der Waals surface area contributed by atoms with Crippen molar-refractivity contribution in [1.82, 2.24) is 9.97 Å². The second kappa shape index (κ2) is 8.43. The predicted octanol–water partition coefficient (Wildman–Crippen LogP) is 3.54. The van der Waals surface area contributed by atoms with Gasteiger partial charge in [-0.3, -0.25) is 10.2 Å². The predicted molar refractivity (Wildman–Crippen MR) is 115 cm³/mol. The minimum Gasteiger partial charge on any atom is -0.398 e. The first-order valence-electron chi connectivity index (χ1n) is 8.63. The normalized spacial score (nSPS) is 10.4. The fraction of sp³-hybridized carbons (Fsp3) is 0.0500. The lowest BCUT2D eigenvalue weighted by Gasteiger charge is -2.13. The zero-order valence-corrected chi connectivity index (χ0v) is 15.8. The molecule has 0 fully saturated rings. The average Bonchev–Trinajstić information content (AvgIpc) is 2.74. The molecule has 30 heavy (non-hydrogen) atoms. The molecular formula is C20H21F2N7O. The number of amides is 1. The highest BCUT2D eigenvalue weighted by Gasteiger charge is 2.23. The van der Waals surface area contributed by atoms with Crippen LogP contribution in [0.2, 0.25) is 0 Å². The molecule has 0 unspecified atom stereocenters. The molecule has 3 rings (SSSR count). The second-order valence-electron chi connectivity index (χ2n) is 6.13. The SMILES string of the molecule is CNc1cc(F)c(C(=O)Nc2ccc(N)c(C(=N)c3ccncn3)c2)c(F)c1C=N.[HH].[HH]. The maximum atomic E-state index is 14.7. The van der Waals surface area contributed by atoms with E-state index in [9.17, 15) is 13.6 Å². The number of hydrogen-bond acceptors (Lipinski definition) is 7. The van der Waals surface area contributed by atoms with Crippen LogP contribution in [-0.4, -0.2) is 34.8 Å². The number of nitrogens with two attached hydrogens (primary N) is 1. The Bertz CT molecular complexity index is 1160. The smallest absolute Gasteiger partial charge is 0.261 e. The summed E-state index contributed by atoms with van der Waals surface area (Å²) in [6.45, 7) is 0. The van der Waals surface area contributed by atoms with E-state index in [4.69, 9.17) is 16.6 Å². The number of hydrogen-bond donors (Lipinski definition) is 5. The molecule has 0 bridgehead atoms. The Hall–Kier alpha value is -4.21. The number of carbonyl (C=O) groups is 1. The van der Waals surface area contributed by atoms with E-state index in [1.165, 1.54) is 43.8 Å². The molecule has 6 N–H and O–H groups in total. The Balaban J connectivity index is 0.00000256. The molecule has 8 nitrogen and oxygen atoms in total. The maximum Gasteiger partial charge on any atom is 0.261 e. The van der Waals surface area contributed by atoms with E-state index in [0.29, 0.717) is 11.9 Å². The molecule has 0 saturated heterocycles. The lowest BCUT2D eigenvalue weighted by Crippen LogP contribution is -2.18. The molecule has 10 heteroatoms. The first kappa shape index (κ1) is 20.5. The van der Waals surface area contributed by atoms with Crippen molar-refractivity contribution >= 4 is 34.9 Å². The number of nitrogens with one attached hydrogen (secondary N) is 4. The van der Waals surface area contributed by atoms with Crippen LogP contribution in [0, 0.1) is 22.5 Å². The first-order chi connectivity index (χ1) is 14.4. The van der Waals surface area contributed by atoms with E-state index in [-0.39, 0.29) is 36.8 Å². The monoisotopic (exact) mass is 413 g/mol. The van der Waals surface area contributed by atoms with Crippen LogP contribution in [0.1, 0.15) is 30.0 Å². The molecule has 2 aromatic carbocycles. The topological polar surface area (TPSA) is 141 Å². The van der Waals surface area contributed by atoms with Gasteiger partial charge in [-0.05, 0) is 30.3 Å². The number of nitrogen functional groups attached to an aromatic ring is 1. The minimum absolute atomic E-state index is 0. The summed E-state index contributed by atoms with van der Waals surface area (Å²) in [5.74, 6) is -3.28. The summed E-state index contributed by atoms with van der Waals surface area (Å²) in [7, 11) is 1.45. The molecule has 0 saturated carbocycles. The molecule has 156 valence electrons. The van der Waals surface area contributed by atoms with Crippen LogP contribution in [0.15, 0.2) is 42.9 Å². The van der Waals surface area contributed by atoms with Gasteiger partial charge in [0.25, 0.3) is 5.91 Å². The quantitative estimate of drug-likeness (QED) is 0.310. The van der Waals surface area contributed by atoms with Crippen molar-refractivity contribution in [2.75, 3.05) is 23.4 Å². The van der Waals surface area contributed by atoms with Gasteiger partial charge < -0.3 is 21.8 Å². The summed E-state index contributed by atoms with van der Waals surface area (Å²) in [5.41, 5.74) is 5.94. The van der Waals surface area contributed by atoms with Gasteiger partial charge in [0, 0.05) is 44.9 Å². The maximum absolute atomic E-state index is 14.7. The number of aromatic nitrogens is 2. The molecule has 1 aromatic heterocycles. The van der Waals surface area contributed by atoms with Crippen molar-refractivity contribution in [3.63, 3.8) is 0 Å². The highest BCUT2D eigenvalue weighted by molar-refractivity contribution is 6.14. The van der Waals surface area contributed by atoms with E-state index in [1.54, 1.807) is 0 Å². The van der Waals surface area contributed by atoms with Crippen molar-refractivity contribution in [2.24, 2.45) is 0 Å². The van der Waals surface area contributed by atoms with E-state index < -0.39 is 23.1 Å². The van der Waals surface area contributed by atoms with Crippen LogP contribution in [0.5, 0.6) is 0 Å². The highest BCUT2D eigenvalue weighted by Crippen LogP contribution is 2.26. The first-order valence-corrected chi connectivity index (χ1v) is 8.63. The molecular weight excluding hydrogens is 392 g/mol. The van der Waals surface area contributed by atoms with E-state index in [0.717, 1.165) is 6.07 Å². The third-order valence-corrected chi connectivity index (χ3v) is 4.32. The number of benzene rings is 2. The molecule has 3 aromatic rings. The van der Waals surface area contributed by atoms with Gasteiger partial charge >= 0.3 is 0 Å². The Labute approximate surface area is 173 Å². The summed E-state index contributed by atoms with van der Waals surface area (Å²) in [6.07, 6.45) is 3.45. The Kier molecular flexibility index (Phi) is 5.77. The summed E-state index contributed by atoms with van der Waals surface area (Å²) < 4.78 is 29.0. The molecule has 0 aliphatic rings. The van der Waals surface area contributed by atoms with Gasteiger partial charge in [-0.1, -0.05) is 0 Å². The number of rotatable bonds is 6. The van der Waals surface area contributed by atoms with Crippen molar-refractivity contribution in [2.45, 2.75) is 0 Å². The Morgan fingerprint density at radius 1 is 1.27 bits per heavy atom. The largest absolute Gasteiger partial charge is 0.398 e. The van der Waals surface area contributed by atoms with Gasteiger partial charge in [0.15, 0.2) is 0 Å². The van der Waals surface area contributed by atoms with Gasteiger partial charge in [-0.2, -0.15) is 0 Å². The van der Waals surface area contributed by atoms with E-state index in [1.807, 2.05) is 0 Å². The van der Waals surface area contributed by atoms with E-state index >= 15 is 0 Å². The lowest BCUT2D eigenvalue weighted by atomic mass is 10.0. The average molecular weight is 413 g/mol. The second-order valence-corrected chi connectivity index (χ2v) is 6.13. The highest BCUT2D eigenvalue weighted by atomic mass is 19.1. The third-order valence-electron chi connectivity index (χ3n) is 4.32. The minimum atomic E-state index is -1.16. The fourth-order valence-corrected chi connectivity index (χ4v) is 2.81. The summed E-state index contributed by atoms with van der Waals surface area (Å²) in [4.78, 5) is 20.3. The zero-order chi connectivity index (χ0) is 21.8. The molecule has 0 atom stereocenters. The lowest BCUT2D eigenvalue weighted by molar-refractivity contribution is 0.101. The summed E-state index contributed by atoms with van der Waals surface area (Å²) in [5, 5.41) is 20.6. The zero-order valence-electron chi connectivity index (χ0n) is 15.8. The van der Waals surface area contributed by atoms with Crippen LogP contribution < -0.4 is 16.4 Å². The summed E-state index contributed by atoms with van der Waals surface area (Å²) in [6, 6.07) is 6.78. The van der Waals surface area contributed by atoms with Crippen molar-refractivity contribution in [3.8, 4) is 0 Å².